The number of rotatable bonds is 2. The molecule has 0 unspecified atom stereocenters. The Hall–Kier alpha value is -1.52. The van der Waals surface area contributed by atoms with Crippen LogP contribution in [0.4, 0.5) is 0 Å². The van der Waals surface area contributed by atoms with E-state index < -0.39 is 0 Å². The summed E-state index contributed by atoms with van der Waals surface area (Å²) < 4.78 is 5.77. The highest BCUT2D eigenvalue weighted by Crippen LogP contribution is 2.24. The van der Waals surface area contributed by atoms with Gasteiger partial charge in [-0.05, 0) is 69.1 Å². The smallest absolute Gasteiger partial charge is 0.289 e. The van der Waals surface area contributed by atoms with Gasteiger partial charge in [0.15, 0.2) is 5.76 Å². The van der Waals surface area contributed by atoms with Crippen molar-refractivity contribution in [2.75, 3.05) is 20.1 Å². The number of carbonyl (C=O) groups is 1. The van der Waals surface area contributed by atoms with E-state index >= 15 is 0 Å². The van der Waals surface area contributed by atoms with Crippen molar-refractivity contribution < 1.29 is 9.21 Å². The molecule has 1 N–H and O–H groups in total. The van der Waals surface area contributed by atoms with Crippen LogP contribution in [0.5, 0.6) is 0 Å². The second-order valence-electron chi connectivity index (χ2n) is 5.98. The van der Waals surface area contributed by atoms with E-state index in [9.17, 15) is 4.79 Å². The van der Waals surface area contributed by atoms with Crippen LogP contribution in [0.15, 0.2) is 22.6 Å². The Bertz CT molecular complexity index is 636. The molecule has 2 aromatic rings. The highest BCUT2D eigenvalue weighted by Gasteiger charge is 2.25. The molecule has 120 valence electrons. The molecule has 0 atom stereocenters. The number of carbonyl (C=O) groups excluding carboxylic acids is 1. The summed E-state index contributed by atoms with van der Waals surface area (Å²) in [6.45, 7) is 6.08. The number of nitrogens with one attached hydrogen (secondary N) is 1. The normalized spacial score (nSPS) is 15.6. The van der Waals surface area contributed by atoms with E-state index in [1.165, 1.54) is 11.1 Å². The molecule has 0 spiro atoms. The summed E-state index contributed by atoms with van der Waals surface area (Å²) in [5, 5.41) is 4.32. The first-order valence-corrected chi connectivity index (χ1v) is 7.55. The Labute approximate surface area is 137 Å². The fourth-order valence-corrected chi connectivity index (χ4v) is 2.94. The molecule has 1 fully saturated rings. The summed E-state index contributed by atoms with van der Waals surface area (Å²) in [6, 6.07) is 6.25. The van der Waals surface area contributed by atoms with Gasteiger partial charge in [0.05, 0.1) is 0 Å². The summed E-state index contributed by atoms with van der Waals surface area (Å²) in [7, 11) is 1.88. The molecule has 0 radical (unpaired) electrons. The Morgan fingerprint density at radius 2 is 1.82 bits per heavy atom. The largest absolute Gasteiger partial charge is 0.451 e. The molecular weight excluding hydrogens is 300 g/mol. The number of halogens is 1. The third-order valence-electron chi connectivity index (χ3n) is 4.52. The molecule has 0 saturated carbocycles. The zero-order valence-corrected chi connectivity index (χ0v) is 14.1. The lowest BCUT2D eigenvalue weighted by Crippen LogP contribution is -2.43. The van der Waals surface area contributed by atoms with Crippen molar-refractivity contribution in [2.24, 2.45) is 0 Å². The van der Waals surface area contributed by atoms with Crippen LogP contribution in [0.1, 0.15) is 34.5 Å². The fraction of sp³-hybridized carbons (Fsp3) is 0.471. The summed E-state index contributed by atoms with van der Waals surface area (Å²) in [5.74, 6) is 0.421. The van der Waals surface area contributed by atoms with Gasteiger partial charge in [0.1, 0.15) is 5.58 Å². The van der Waals surface area contributed by atoms with E-state index in [0.717, 1.165) is 36.9 Å². The quantitative estimate of drug-likeness (QED) is 0.922. The molecule has 0 aliphatic carbocycles. The number of amides is 1. The number of nitrogens with zero attached hydrogens (tertiary/aromatic N) is 1. The van der Waals surface area contributed by atoms with Crippen LogP contribution < -0.4 is 5.32 Å². The van der Waals surface area contributed by atoms with E-state index in [1.54, 1.807) is 0 Å². The average Bonchev–Trinajstić information content (AvgIpc) is 2.90. The van der Waals surface area contributed by atoms with Crippen molar-refractivity contribution in [3.63, 3.8) is 0 Å². The molecule has 4 nitrogen and oxygen atoms in total. The van der Waals surface area contributed by atoms with Crippen LogP contribution in [0, 0.1) is 13.8 Å². The molecule has 1 aliphatic heterocycles. The van der Waals surface area contributed by atoms with Crippen LogP contribution in [-0.4, -0.2) is 37.0 Å². The predicted molar refractivity (Wildman–Crippen MR) is 90.9 cm³/mol. The van der Waals surface area contributed by atoms with E-state index in [1.807, 2.05) is 24.1 Å². The Balaban J connectivity index is 0.00000176. The number of benzene rings is 1. The van der Waals surface area contributed by atoms with Gasteiger partial charge in [0.2, 0.25) is 0 Å². The first kappa shape index (κ1) is 16.8. The first-order valence-electron chi connectivity index (χ1n) is 7.55. The minimum absolute atomic E-state index is 0. The van der Waals surface area contributed by atoms with Crippen LogP contribution in [0.2, 0.25) is 0 Å². The second-order valence-corrected chi connectivity index (χ2v) is 5.98. The van der Waals surface area contributed by atoms with Crippen molar-refractivity contribution in [2.45, 2.75) is 32.7 Å². The van der Waals surface area contributed by atoms with Gasteiger partial charge in [-0.2, -0.15) is 0 Å². The topological polar surface area (TPSA) is 45.5 Å². The van der Waals surface area contributed by atoms with Crippen LogP contribution in [0.25, 0.3) is 11.0 Å². The Morgan fingerprint density at radius 1 is 1.18 bits per heavy atom. The van der Waals surface area contributed by atoms with E-state index in [4.69, 9.17) is 4.42 Å². The molecule has 1 aliphatic rings. The molecule has 1 saturated heterocycles. The molecule has 3 rings (SSSR count). The fourth-order valence-electron chi connectivity index (χ4n) is 2.94. The van der Waals surface area contributed by atoms with Gasteiger partial charge in [-0.1, -0.05) is 0 Å². The Kier molecular flexibility index (Phi) is 5.14. The maximum absolute atomic E-state index is 12.6. The van der Waals surface area contributed by atoms with E-state index in [2.05, 4.69) is 25.2 Å². The molecule has 22 heavy (non-hydrogen) atoms. The van der Waals surface area contributed by atoms with Crippen molar-refractivity contribution in [3.05, 3.63) is 35.1 Å². The maximum Gasteiger partial charge on any atom is 0.289 e. The number of furan rings is 1. The van der Waals surface area contributed by atoms with Gasteiger partial charge < -0.3 is 14.6 Å². The lowest BCUT2D eigenvalue weighted by atomic mass is 10.1. The van der Waals surface area contributed by atoms with Gasteiger partial charge in [-0.3, -0.25) is 4.79 Å². The zero-order valence-electron chi connectivity index (χ0n) is 13.3. The van der Waals surface area contributed by atoms with Crippen molar-refractivity contribution in [1.29, 1.82) is 0 Å². The van der Waals surface area contributed by atoms with E-state index in [-0.39, 0.29) is 18.3 Å². The SMILES string of the molecule is Cc1cc2cc(C(=O)N(C)C3CCNCC3)oc2cc1C.Cl. The number of hydrogen-bond acceptors (Lipinski definition) is 3. The predicted octanol–water partition coefficient (Wildman–Crippen LogP) is 3.30. The van der Waals surface area contributed by atoms with Gasteiger partial charge in [0, 0.05) is 18.5 Å². The highest BCUT2D eigenvalue weighted by atomic mass is 35.5. The lowest BCUT2D eigenvalue weighted by molar-refractivity contribution is 0.0673. The minimum Gasteiger partial charge on any atom is -0.451 e. The van der Waals surface area contributed by atoms with Gasteiger partial charge in [-0.15, -0.1) is 12.4 Å². The molecular formula is C17H23ClN2O2. The minimum atomic E-state index is -0.0200. The Morgan fingerprint density at radius 3 is 2.50 bits per heavy atom. The highest BCUT2D eigenvalue weighted by molar-refractivity contribution is 5.96. The third kappa shape index (κ3) is 3.13. The third-order valence-corrected chi connectivity index (χ3v) is 4.52. The summed E-state index contributed by atoms with van der Waals surface area (Å²) in [5.41, 5.74) is 3.19. The number of aryl methyl sites for hydroxylation is 2. The van der Waals surface area contributed by atoms with Crippen molar-refractivity contribution >= 4 is 29.3 Å². The molecule has 2 heterocycles. The number of fused-ring (bicyclic) bond motifs is 1. The van der Waals surface area contributed by atoms with E-state index in [0.29, 0.717) is 11.8 Å². The molecule has 0 bridgehead atoms. The first-order chi connectivity index (χ1) is 10.1. The van der Waals surface area contributed by atoms with Gasteiger partial charge in [0.25, 0.3) is 5.91 Å². The molecule has 1 aromatic carbocycles. The second kappa shape index (κ2) is 6.71. The van der Waals surface area contributed by atoms with Crippen molar-refractivity contribution in [1.82, 2.24) is 10.2 Å². The number of hydrogen-bond donors (Lipinski definition) is 1. The zero-order chi connectivity index (χ0) is 15.0. The molecule has 1 amide bonds. The van der Waals surface area contributed by atoms with Crippen LogP contribution >= 0.6 is 12.4 Å². The number of piperidine rings is 1. The van der Waals surface area contributed by atoms with Crippen molar-refractivity contribution in [3.8, 4) is 0 Å². The van der Waals surface area contributed by atoms with Crippen LogP contribution in [-0.2, 0) is 0 Å². The lowest BCUT2D eigenvalue weighted by Gasteiger charge is -2.31. The monoisotopic (exact) mass is 322 g/mol. The van der Waals surface area contributed by atoms with Crippen LogP contribution in [0.3, 0.4) is 0 Å². The maximum atomic E-state index is 12.6. The van der Waals surface area contributed by atoms with Gasteiger partial charge >= 0.3 is 0 Å². The summed E-state index contributed by atoms with van der Waals surface area (Å²) in [4.78, 5) is 14.4. The molecule has 5 heteroatoms. The summed E-state index contributed by atoms with van der Waals surface area (Å²) >= 11 is 0. The average molecular weight is 323 g/mol. The summed E-state index contributed by atoms with van der Waals surface area (Å²) in [6.07, 6.45) is 2.00. The van der Waals surface area contributed by atoms with Gasteiger partial charge in [-0.25, -0.2) is 0 Å². The molecule has 1 aromatic heterocycles. The standard InChI is InChI=1S/C17H22N2O2.ClH/c1-11-8-13-10-16(21-15(13)9-12(11)2)17(20)19(3)14-4-6-18-7-5-14;/h8-10,14,18H,4-7H2,1-3H3;1H.